The van der Waals surface area contributed by atoms with Gasteiger partial charge in [0.15, 0.2) is 0 Å². The molecule has 2 rings (SSSR count). The van der Waals surface area contributed by atoms with Gasteiger partial charge in [-0.1, -0.05) is 31.6 Å². The van der Waals surface area contributed by atoms with Crippen molar-refractivity contribution in [3.8, 4) is 0 Å². The molecule has 0 radical (unpaired) electrons. The predicted octanol–water partition coefficient (Wildman–Crippen LogP) is 4.81. The molecule has 0 saturated heterocycles. The molecule has 0 N–H and O–H groups in total. The monoisotopic (exact) mass is 214 g/mol. The molecule has 0 fully saturated rings. The van der Waals surface area contributed by atoms with Crippen molar-refractivity contribution in [2.75, 3.05) is 0 Å². The van der Waals surface area contributed by atoms with Crippen molar-refractivity contribution in [3.63, 3.8) is 0 Å². The standard InChI is InChI=1S/C16H22/c1-9(2)14-7-15-12(5)10(3)11(4)13(6)16(15)8-14/h7-9,15H,1-6H3. The topological polar surface area (TPSA) is 0 Å². The van der Waals surface area contributed by atoms with Gasteiger partial charge >= 0.3 is 0 Å². The molecule has 0 saturated carbocycles. The Morgan fingerprint density at radius 3 is 2.12 bits per heavy atom. The lowest BCUT2D eigenvalue weighted by Crippen LogP contribution is -2.10. The highest BCUT2D eigenvalue weighted by molar-refractivity contribution is 5.59. The molecule has 0 aromatic carbocycles. The van der Waals surface area contributed by atoms with E-state index in [-0.39, 0.29) is 0 Å². The maximum atomic E-state index is 2.45. The SMILES string of the molecule is CC1=C(C)C(C)=C(C)C2C=C(C(C)C)C=C12. The van der Waals surface area contributed by atoms with Gasteiger partial charge < -0.3 is 0 Å². The van der Waals surface area contributed by atoms with E-state index < -0.39 is 0 Å². The summed E-state index contributed by atoms with van der Waals surface area (Å²) in [4.78, 5) is 0. The molecular formula is C16H22. The second-order valence-electron chi connectivity index (χ2n) is 5.46. The number of rotatable bonds is 1. The van der Waals surface area contributed by atoms with E-state index in [0.29, 0.717) is 11.8 Å². The number of fused-ring (bicyclic) bond motifs is 1. The molecule has 0 nitrogen and oxygen atoms in total. The molecule has 16 heavy (non-hydrogen) atoms. The third-order valence-corrected chi connectivity index (χ3v) is 4.30. The van der Waals surface area contributed by atoms with Gasteiger partial charge in [-0.25, -0.2) is 0 Å². The fraction of sp³-hybridized carbons (Fsp3) is 0.500. The molecule has 1 unspecified atom stereocenters. The van der Waals surface area contributed by atoms with Crippen molar-refractivity contribution in [3.05, 3.63) is 45.6 Å². The quantitative estimate of drug-likeness (QED) is 0.587. The van der Waals surface area contributed by atoms with Crippen molar-refractivity contribution < 1.29 is 0 Å². The van der Waals surface area contributed by atoms with Gasteiger partial charge in [0, 0.05) is 5.92 Å². The fourth-order valence-corrected chi connectivity index (χ4v) is 2.69. The van der Waals surface area contributed by atoms with Crippen molar-refractivity contribution in [1.29, 1.82) is 0 Å². The first-order chi connectivity index (χ1) is 7.43. The van der Waals surface area contributed by atoms with E-state index in [2.05, 4.69) is 53.7 Å². The van der Waals surface area contributed by atoms with Gasteiger partial charge in [-0.3, -0.25) is 0 Å². The highest BCUT2D eigenvalue weighted by Crippen LogP contribution is 2.43. The number of hydrogen-bond donors (Lipinski definition) is 0. The summed E-state index contributed by atoms with van der Waals surface area (Å²) in [6.45, 7) is 13.6. The fourth-order valence-electron chi connectivity index (χ4n) is 2.69. The van der Waals surface area contributed by atoms with Gasteiger partial charge in [0.25, 0.3) is 0 Å². The minimum Gasteiger partial charge on any atom is -0.0695 e. The molecule has 1 atom stereocenters. The lowest BCUT2D eigenvalue weighted by molar-refractivity contribution is 0.786. The zero-order valence-corrected chi connectivity index (χ0v) is 11.3. The maximum Gasteiger partial charge on any atom is 0.0240 e. The van der Waals surface area contributed by atoms with Crippen LogP contribution in [0.15, 0.2) is 45.6 Å². The normalized spacial score (nSPS) is 25.1. The van der Waals surface area contributed by atoms with Crippen molar-refractivity contribution in [2.45, 2.75) is 41.5 Å². The maximum absolute atomic E-state index is 2.45. The average molecular weight is 214 g/mol. The van der Waals surface area contributed by atoms with Crippen molar-refractivity contribution >= 4 is 0 Å². The zero-order valence-electron chi connectivity index (χ0n) is 11.3. The summed E-state index contributed by atoms with van der Waals surface area (Å²) in [6, 6.07) is 0. The summed E-state index contributed by atoms with van der Waals surface area (Å²) in [7, 11) is 0. The Kier molecular flexibility index (Phi) is 2.69. The van der Waals surface area contributed by atoms with Gasteiger partial charge in [-0.05, 0) is 61.5 Å². The van der Waals surface area contributed by atoms with E-state index >= 15 is 0 Å². The summed E-state index contributed by atoms with van der Waals surface area (Å²) in [5.74, 6) is 1.19. The van der Waals surface area contributed by atoms with Crippen LogP contribution in [-0.2, 0) is 0 Å². The molecule has 0 aromatic rings. The Labute approximate surface area is 99.4 Å². The van der Waals surface area contributed by atoms with E-state index in [1.807, 2.05) is 0 Å². The number of hydrogen-bond acceptors (Lipinski definition) is 0. The zero-order chi connectivity index (χ0) is 12.0. The van der Waals surface area contributed by atoms with E-state index in [9.17, 15) is 0 Å². The van der Waals surface area contributed by atoms with Crippen LogP contribution in [0.1, 0.15) is 41.5 Å². The van der Waals surface area contributed by atoms with Gasteiger partial charge in [-0.2, -0.15) is 0 Å². The van der Waals surface area contributed by atoms with Crippen LogP contribution < -0.4 is 0 Å². The highest BCUT2D eigenvalue weighted by atomic mass is 14.3. The Morgan fingerprint density at radius 2 is 1.56 bits per heavy atom. The van der Waals surface area contributed by atoms with E-state index in [1.165, 1.54) is 33.4 Å². The minimum absolute atomic E-state index is 0.557. The summed E-state index contributed by atoms with van der Waals surface area (Å²) in [5, 5.41) is 0. The Morgan fingerprint density at radius 1 is 0.938 bits per heavy atom. The third kappa shape index (κ3) is 1.52. The third-order valence-electron chi connectivity index (χ3n) is 4.30. The first-order valence-electron chi connectivity index (χ1n) is 6.22. The van der Waals surface area contributed by atoms with Gasteiger partial charge in [0.1, 0.15) is 0 Å². The van der Waals surface area contributed by atoms with E-state index in [4.69, 9.17) is 0 Å². The summed E-state index contributed by atoms with van der Waals surface area (Å²) >= 11 is 0. The molecule has 0 heteroatoms. The van der Waals surface area contributed by atoms with E-state index in [0.717, 1.165) is 0 Å². The van der Waals surface area contributed by atoms with Gasteiger partial charge in [0.05, 0.1) is 0 Å². The van der Waals surface area contributed by atoms with Crippen LogP contribution in [0, 0.1) is 11.8 Å². The Bertz CT molecular complexity index is 450. The highest BCUT2D eigenvalue weighted by Gasteiger charge is 2.28. The molecule has 0 heterocycles. The molecule has 0 aromatic heterocycles. The molecular weight excluding hydrogens is 192 g/mol. The van der Waals surface area contributed by atoms with Crippen LogP contribution in [0.5, 0.6) is 0 Å². The van der Waals surface area contributed by atoms with Crippen molar-refractivity contribution in [1.82, 2.24) is 0 Å². The molecule has 0 bridgehead atoms. The van der Waals surface area contributed by atoms with Crippen LogP contribution >= 0.6 is 0 Å². The van der Waals surface area contributed by atoms with Crippen molar-refractivity contribution in [2.24, 2.45) is 11.8 Å². The Hall–Kier alpha value is -1.04. The molecule has 2 aliphatic carbocycles. The smallest absolute Gasteiger partial charge is 0.0240 e. The summed E-state index contributed by atoms with van der Waals surface area (Å²) in [5.41, 5.74) is 9.01. The number of allylic oxidation sites excluding steroid dienone is 8. The lowest BCUT2D eigenvalue weighted by atomic mass is 9.79. The van der Waals surface area contributed by atoms with Gasteiger partial charge in [-0.15, -0.1) is 0 Å². The molecule has 0 amide bonds. The molecule has 86 valence electrons. The lowest BCUT2D eigenvalue weighted by Gasteiger charge is -2.26. The minimum atomic E-state index is 0.557. The first kappa shape index (κ1) is 11.4. The largest absolute Gasteiger partial charge is 0.0695 e. The van der Waals surface area contributed by atoms with Crippen LogP contribution in [0.3, 0.4) is 0 Å². The first-order valence-corrected chi connectivity index (χ1v) is 6.22. The second kappa shape index (κ2) is 3.76. The second-order valence-corrected chi connectivity index (χ2v) is 5.46. The average Bonchev–Trinajstić information content (AvgIpc) is 2.68. The summed E-state index contributed by atoms with van der Waals surface area (Å²) in [6.07, 6.45) is 4.86. The van der Waals surface area contributed by atoms with Crippen LogP contribution in [0.4, 0.5) is 0 Å². The van der Waals surface area contributed by atoms with Gasteiger partial charge in [0.2, 0.25) is 0 Å². The van der Waals surface area contributed by atoms with Crippen LogP contribution in [0.25, 0.3) is 0 Å². The molecule has 2 aliphatic rings. The summed E-state index contributed by atoms with van der Waals surface area (Å²) < 4.78 is 0. The molecule has 0 aliphatic heterocycles. The molecule has 0 spiro atoms. The van der Waals surface area contributed by atoms with E-state index in [1.54, 1.807) is 0 Å². The Balaban J connectivity index is 2.54. The van der Waals surface area contributed by atoms with Crippen LogP contribution in [-0.4, -0.2) is 0 Å². The van der Waals surface area contributed by atoms with Crippen LogP contribution in [0.2, 0.25) is 0 Å². The predicted molar refractivity (Wildman–Crippen MR) is 71.2 cm³/mol.